The molecule has 1 aliphatic heterocycles. The number of fused-ring (bicyclic) bond motifs is 2. The first-order valence-electron chi connectivity index (χ1n) is 39.5. The van der Waals surface area contributed by atoms with Gasteiger partial charge in [0.25, 0.3) is 0 Å². The summed E-state index contributed by atoms with van der Waals surface area (Å²) in [6.07, 6.45) is -1.01. The Balaban J connectivity index is 0.000000227. The van der Waals surface area contributed by atoms with Gasteiger partial charge in [0.1, 0.15) is 12.9 Å². The number of Topliss-reactive ketones (excluding diaryl/α,β-unsaturated/α-hetero) is 1. The summed E-state index contributed by atoms with van der Waals surface area (Å²) >= 11 is 0. The molecule has 0 amide bonds. The Morgan fingerprint density at radius 3 is 1.50 bits per heavy atom. The quantitative estimate of drug-likeness (QED) is 0.0524. The van der Waals surface area contributed by atoms with Crippen LogP contribution < -0.4 is 10.6 Å². The number of benzene rings is 2. The van der Waals surface area contributed by atoms with Gasteiger partial charge in [-0.25, -0.2) is 0 Å². The van der Waals surface area contributed by atoms with Crippen LogP contribution in [0.15, 0.2) is 143 Å². The minimum absolute atomic E-state index is 0. The van der Waals surface area contributed by atoms with Crippen molar-refractivity contribution in [2.24, 2.45) is 33.5 Å². The smallest absolute Gasteiger partial charge is 0.413 e. The Bertz CT molecular complexity index is 3960. The van der Waals surface area contributed by atoms with Gasteiger partial charge < -0.3 is 37.9 Å². The van der Waals surface area contributed by atoms with E-state index in [0.717, 1.165) is 109 Å². The molecule has 630 valence electrons. The molecule has 0 spiro atoms. The van der Waals surface area contributed by atoms with Crippen molar-refractivity contribution >= 4 is 48.5 Å². The van der Waals surface area contributed by atoms with E-state index < -0.39 is 91.0 Å². The van der Waals surface area contributed by atoms with Crippen molar-refractivity contribution in [3.63, 3.8) is 0 Å². The summed E-state index contributed by atoms with van der Waals surface area (Å²) in [4.78, 5) is 12.3. The normalized spacial score (nSPS) is 27.3. The van der Waals surface area contributed by atoms with Gasteiger partial charge in [0.2, 0.25) is 0 Å². The lowest BCUT2D eigenvalue weighted by Gasteiger charge is -2.45. The number of carbonyl (C=O) groups is 1. The highest BCUT2D eigenvalue weighted by molar-refractivity contribution is 7.78. The SMILES string of the molecule is C.C1CCOC1.C=C1/C(=C\C=C2/CCC[C@]3(C)C(C4(CC#CC(O)(C(F)(F)F)C(F)(F)F)CC4)=CCC23)CC(O)C[C@@H]1O.C=C1/C(=C\CP(=O)(c2ccccc2)c2ccccc2)CC(O[Si](C)(C)C(C)(C)C)C[C@@H]1O[Si](C)(C)C(C)(C)C.C[C@]12CCCC(=O)C1CC=C2C1(CC#CC(O[Si](C)(C)C)(C(F)(F)F)C(F)(F)F)CC1. The summed E-state index contributed by atoms with van der Waals surface area (Å²) in [7, 11) is -10.2. The number of allylic oxidation sites excluding steroid dienone is 8. The number of aliphatic hydroxyl groups excluding tert-OH is 2. The molecule has 6 saturated carbocycles. The van der Waals surface area contributed by atoms with Crippen molar-refractivity contribution in [3.05, 3.63) is 143 Å². The zero-order chi connectivity index (χ0) is 83.8. The lowest BCUT2D eigenvalue weighted by molar-refractivity contribution is -0.343. The van der Waals surface area contributed by atoms with Crippen LogP contribution in [0.25, 0.3) is 0 Å². The lowest BCUT2D eigenvalue weighted by Crippen LogP contribution is -2.61. The topological polar surface area (TPSA) is 132 Å². The van der Waals surface area contributed by atoms with E-state index in [0.29, 0.717) is 56.7 Å². The molecule has 11 rings (SSSR count). The predicted octanol–water partition coefficient (Wildman–Crippen LogP) is 23.1. The third kappa shape index (κ3) is 21.4. The Hall–Kier alpha value is -4.83. The van der Waals surface area contributed by atoms with Crippen LogP contribution in [0.5, 0.6) is 0 Å². The molecule has 3 N–H and O–H groups in total. The minimum Gasteiger partial charge on any atom is -0.413 e. The van der Waals surface area contributed by atoms with E-state index in [1.807, 2.05) is 85.8 Å². The van der Waals surface area contributed by atoms with E-state index in [1.165, 1.54) is 44.0 Å². The van der Waals surface area contributed by atoms with Crippen LogP contribution in [0, 0.1) is 57.2 Å². The highest BCUT2D eigenvalue weighted by Crippen LogP contribution is 2.69. The second-order valence-corrected chi connectivity index (χ2v) is 53.8. The Kier molecular flexibility index (Phi) is 29.7. The molecular formula is C88H123F12O9PSi3. The zero-order valence-corrected chi connectivity index (χ0v) is 72.0. The maximum absolute atomic E-state index is 14.7. The fourth-order valence-electron chi connectivity index (χ4n) is 16.8. The molecule has 9 aliphatic rings. The number of ketones is 1. The predicted molar refractivity (Wildman–Crippen MR) is 434 cm³/mol. The van der Waals surface area contributed by atoms with Gasteiger partial charge in [-0.1, -0.05) is 196 Å². The molecule has 9 nitrogen and oxygen atoms in total. The number of carbonyl (C=O) groups excluding carboxylic acids is 1. The standard InChI is InChI=1S/C33H51O3PSi2.C28H32F6O3.C22H28F6O2Si.C4H8O.CH4/c1-26-27(22-23-37(34,29-18-14-12-15-19-29)30-20-16-13-17-21-30)24-28(35-38(8,9)32(2,3)4)25-31(26)36-39(10,11)33(5,6)7;1-17-19(15-20(35)16-22(17)36)7-6-18-5-3-10-24(2)21(18)8-9-23(24)25(13-14-25)11-4-12-26(37,27(29,30)31)28(32,33)34;1-18-10-5-7-16(29)15(18)8-9-17(18)19(13-14-19)11-6-12-20(21(23,24)25,22(26,27)28)30-31(2,3)4;1-2-4-5-3-1;/h12-22,28,31H,1,23-25H2,2-11H3;6-7,9,20-22,35-37H,1,3,5,8,10-11,13-16H2,2H3;9,15H,5,7-8,10-11,13-14H2,1-4H3;1-4H2;1H4/b27-22-;18-6+,19-7-;;;/t28?,31-;20?,21?,22-,24-;15?,18-;;/m000../s1. The molecule has 1 heterocycles. The number of halogens is 12. The molecule has 1 saturated heterocycles. The van der Waals surface area contributed by atoms with Gasteiger partial charge in [-0.3, -0.25) is 4.79 Å². The second kappa shape index (κ2) is 35.2. The summed E-state index contributed by atoms with van der Waals surface area (Å²) < 4.78 is 199. The third-order valence-corrected chi connectivity index (χ3v) is 38.5. The number of rotatable bonds is 15. The summed E-state index contributed by atoms with van der Waals surface area (Å²) in [5, 5.41) is 31.5. The van der Waals surface area contributed by atoms with Gasteiger partial charge in [-0.15, -0.1) is 0 Å². The number of ether oxygens (including phenoxy) is 1. The molecule has 0 bridgehead atoms. The maximum atomic E-state index is 14.7. The van der Waals surface area contributed by atoms with Crippen LogP contribution in [-0.2, 0) is 27.4 Å². The fraction of sp³-hybridized carbons (Fsp3) is 0.648. The van der Waals surface area contributed by atoms with E-state index in [2.05, 4.69) is 112 Å². The van der Waals surface area contributed by atoms with Crippen molar-refractivity contribution in [1.29, 1.82) is 0 Å². The number of aliphatic hydroxyl groups is 3. The van der Waals surface area contributed by atoms with Crippen molar-refractivity contribution in [3.8, 4) is 23.7 Å². The minimum atomic E-state index is -5.95. The van der Waals surface area contributed by atoms with Crippen molar-refractivity contribution < 1.29 is 95.4 Å². The number of hydrogen-bond acceptors (Lipinski definition) is 9. The molecule has 2 aromatic carbocycles. The summed E-state index contributed by atoms with van der Waals surface area (Å²) in [6.45, 7) is 41.4. The van der Waals surface area contributed by atoms with E-state index >= 15 is 0 Å². The molecule has 8 aliphatic carbocycles. The first-order valence-corrected chi connectivity index (χ1v) is 50.6. The first kappa shape index (κ1) is 95.3. The van der Waals surface area contributed by atoms with Gasteiger partial charge in [-0.2, -0.15) is 52.7 Å². The fourth-order valence-corrected chi connectivity index (χ4v) is 23.1. The first-order chi connectivity index (χ1) is 51.4. The monoisotopic (exact) mass is 1670 g/mol. The zero-order valence-electron chi connectivity index (χ0n) is 68.1. The number of hydrogen-bond donors (Lipinski definition) is 3. The van der Waals surface area contributed by atoms with Gasteiger partial charge in [0.15, 0.2) is 25.0 Å². The van der Waals surface area contributed by atoms with Crippen LogP contribution in [0.4, 0.5) is 52.7 Å². The van der Waals surface area contributed by atoms with Crippen LogP contribution in [0.2, 0.25) is 55.9 Å². The molecule has 25 heteroatoms. The Labute approximate surface area is 667 Å². The molecule has 7 fully saturated rings. The Morgan fingerprint density at radius 1 is 0.593 bits per heavy atom. The molecule has 0 radical (unpaired) electrons. The van der Waals surface area contributed by atoms with Crippen LogP contribution >= 0.6 is 7.14 Å². The van der Waals surface area contributed by atoms with Crippen molar-refractivity contribution in [1.82, 2.24) is 0 Å². The molecule has 4 unspecified atom stereocenters. The van der Waals surface area contributed by atoms with Crippen LogP contribution in [0.1, 0.15) is 191 Å². The second-order valence-electron chi connectivity index (χ2n) is 37.0. The van der Waals surface area contributed by atoms with E-state index in [1.54, 1.807) is 0 Å². The van der Waals surface area contributed by atoms with E-state index in [-0.39, 0.29) is 77.4 Å². The highest BCUT2D eigenvalue weighted by Gasteiger charge is 2.74. The highest BCUT2D eigenvalue weighted by atomic mass is 31.2. The average Bonchev–Trinajstić information content (AvgIpc) is 1.16. The summed E-state index contributed by atoms with van der Waals surface area (Å²) in [6, 6.07) is 19.8. The maximum Gasteiger partial charge on any atom is 0.438 e. The van der Waals surface area contributed by atoms with Crippen LogP contribution in [0.3, 0.4) is 0 Å². The summed E-state index contributed by atoms with van der Waals surface area (Å²) in [5.74, 6) is 7.13. The van der Waals surface area contributed by atoms with Gasteiger partial charge in [0, 0.05) is 78.8 Å². The molecule has 113 heavy (non-hydrogen) atoms. The number of alkyl halides is 12. The van der Waals surface area contributed by atoms with Crippen molar-refractivity contribution in [2.45, 2.75) is 307 Å². The largest absolute Gasteiger partial charge is 0.438 e. The molecule has 2 aromatic rings. The molecular weight excluding hydrogens is 1540 g/mol. The van der Waals surface area contributed by atoms with Crippen molar-refractivity contribution in [2.75, 3.05) is 19.4 Å². The average molecular weight is 1670 g/mol. The molecule has 0 aromatic heterocycles. The lowest BCUT2D eigenvalue weighted by atomic mass is 9.61. The molecule has 8 atom stereocenters. The van der Waals surface area contributed by atoms with Gasteiger partial charge in [-0.05, 0) is 203 Å². The van der Waals surface area contributed by atoms with E-state index in [4.69, 9.17) is 18.0 Å². The van der Waals surface area contributed by atoms with E-state index in [9.17, 15) is 77.4 Å². The Morgan fingerprint density at radius 2 is 1.05 bits per heavy atom. The van der Waals surface area contributed by atoms with Crippen LogP contribution in [-0.4, -0.2) is 126 Å². The van der Waals surface area contributed by atoms with Gasteiger partial charge in [0.05, 0.1) is 24.4 Å². The van der Waals surface area contributed by atoms with Gasteiger partial charge >= 0.3 is 35.9 Å². The third-order valence-electron chi connectivity index (χ3n) is 25.6. The summed E-state index contributed by atoms with van der Waals surface area (Å²) in [5.41, 5.74) is -4.48.